The van der Waals surface area contributed by atoms with Crippen LogP contribution in [0.15, 0.2) is 12.3 Å². The Morgan fingerprint density at radius 1 is 1.50 bits per heavy atom. The first-order chi connectivity index (χ1) is 5.88. The van der Waals surface area contributed by atoms with Crippen molar-refractivity contribution < 1.29 is 0 Å². The summed E-state index contributed by atoms with van der Waals surface area (Å²) in [5.41, 5.74) is 6.67. The number of hydrogen-bond donors (Lipinski definition) is 1. The highest BCUT2D eigenvalue weighted by atomic mass is 15.3. The molecule has 12 heavy (non-hydrogen) atoms. The number of unbranched alkanes of at least 4 members (excludes halogenated alkanes) is 2. The molecule has 68 valence electrons. The molecule has 0 aliphatic rings. The number of nitrogens with zero attached hydrogens (tertiary/aromatic N) is 2. The summed E-state index contributed by atoms with van der Waals surface area (Å²) >= 11 is 0. The van der Waals surface area contributed by atoms with E-state index >= 15 is 0 Å². The lowest BCUT2D eigenvalue weighted by Crippen LogP contribution is -2.08. The Kier molecular flexibility index (Phi) is 3.80. The smallest absolute Gasteiger partial charge is 0.0519 e. The summed E-state index contributed by atoms with van der Waals surface area (Å²) in [5.74, 6) is 0. The Labute approximate surface area is 73.6 Å². The minimum atomic E-state index is 0.589. The van der Waals surface area contributed by atoms with E-state index in [1.54, 1.807) is 0 Å². The fourth-order valence-corrected chi connectivity index (χ4v) is 1.25. The number of aromatic nitrogens is 2. The average molecular weight is 167 g/mol. The van der Waals surface area contributed by atoms with Crippen LogP contribution in [0.25, 0.3) is 0 Å². The third-order valence-corrected chi connectivity index (χ3v) is 1.99. The van der Waals surface area contributed by atoms with Crippen LogP contribution in [0.3, 0.4) is 0 Å². The molecule has 1 aromatic rings. The molecule has 3 nitrogen and oxygen atoms in total. The lowest BCUT2D eigenvalue weighted by molar-refractivity contribution is 0.534. The predicted octanol–water partition coefficient (Wildman–Crippen LogP) is 1.53. The largest absolute Gasteiger partial charge is 0.325 e. The third-order valence-electron chi connectivity index (χ3n) is 1.99. The first kappa shape index (κ1) is 9.26. The molecule has 2 N–H and O–H groups in total. The minimum absolute atomic E-state index is 0.589. The Hall–Kier alpha value is -0.830. The van der Waals surface area contributed by atoms with Crippen molar-refractivity contribution in [3.8, 4) is 0 Å². The van der Waals surface area contributed by atoms with E-state index in [1.807, 2.05) is 16.9 Å². The van der Waals surface area contributed by atoms with Crippen LogP contribution in [0.1, 0.15) is 31.9 Å². The highest BCUT2D eigenvalue weighted by Gasteiger charge is 1.98. The molecule has 1 rings (SSSR count). The van der Waals surface area contributed by atoms with Crippen molar-refractivity contribution in [2.45, 2.75) is 39.3 Å². The monoisotopic (exact) mass is 167 g/mol. The fraction of sp³-hybridized carbons (Fsp3) is 0.667. The average Bonchev–Trinajstić information content (AvgIpc) is 2.52. The van der Waals surface area contributed by atoms with E-state index in [0.717, 1.165) is 12.2 Å². The highest BCUT2D eigenvalue weighted by molar-refractivity contribution is 4.99. The summed E-state index contributed by atoms with van der Waals surface area (Å²) in [6.07, 6.45) is 5.53. The summed E-state index contributed by atoms with van der Waals surface area (Å²) in [6.45, 7) is 3.80. The molecule has 0 atom stereocenters. The SMILES string of the molecule is CCCCCn1nccc1CN. The summed E-state index contributed by atoms with van der Waals surface area (Å²) in [4.78, 5) is 0. The molecule has 0 aliphatic heterocycles. The Morgan fingerprint density at radius 2 is 2.33 bits per heavy atom. The van der Waals surface area contributed by atoms with E-state index in [9.17, 15) is 0 Å². The molecular formula is C9H17N3. The fourth-order valence-electron chi connectivity index (χ4n) is 1.25. The maximum atomic E-state index is 5.54. The van der Waals surface area contributed by atoms with Gasteiger partial charge in [-0.1, -0.05) is 19.8 Å². The zero-order chi connectivity index (χ0) is 8.81. The molecule has 1 heterocycles. The van der Waals surface area contributed by atoms with Gasteiger partial charge in [0.2, 0.25) is 0 Å². The first-order valence-corrected chi connectivity index (χ1v) is 4.59. The first-order valence-electron chi connectivity index (χ1n) is 4.59. The van der Waals surface area contributed by atoms with Crippen LogP contribution in [0.5, 0.6) is 0 Å². The topological polar surface area (TPSA) is 43.8 Å². The van der Waals surface area contributed by atoms with Crippen LogP contribution >= 0.6 is 0 Å². The molecule has 0 saturated carbocycles. The second-order valence-corrected chi connectivity index (χ2v) is 2.96. The van der Waals surface area contributed by atoms with Gasteiger partial charge in [-0.15, -0.1) is 0 Å². The summed E-state index contributed by atoms with van der Waals surface area (Å²) in [7, 11) is 0. The van der Waals surface area contributed by atoms with Gasteiger partial charge in [-0.05, 0) is 12.5 Å². The molecule has 0 bridgehead atoms. The van der Waals surface area contributed by atoms with E-state index in [0.29, 0.717) is 6.54 Å². The number of nitrogens with two attached hydrogens (primary N) is 1. The Balaban J connectivity index is 2.39. The molecule has 0 aliphatic carbocycles. The van der Waals surface area contributed by atoms with Gasteiger partial charge in [-0.2, -0.15) is 5.10 Å². The molecule has 1 aromatic heterocycles. The maximum Gasteiger partial charge on any atom is 0.0519 e. The molecule has 3 heteroatoms. The van der Waals surface area contributed by atoms with Gasteiger partial charge in [0.15, 0.2) is 0 Å². The molecule has 0 saturated heterocycles. The van der Waals surface area contributed by atoms with Crippen molar-refractivity contribution in [2.75, 3.05) is 0 Å². The number of hydrogen-bond acceptors (Lipinski definition) is 2. The van der Waals surface area contributed by atoms with Crippen molar-refractivity contribution in [2.24, 2.45) is 5.73 Å². The standard InChI is InChI=1S/C9H17N3/c1-2-3-4-7-12-9(8-10)5-6-11-12/h5-6H,2-4,7-8,10H2,1H3. The van der Waals surface area contributed by atoms with Gasteiger partial charge in [0.1, 0.15) is 0 Å². The van der Waals surface area contributed by atoms with Crippen molar-refractivity contribution in [3.63, 3.8) is 0 Å². The van der Waals surface area contributed by atoms with Crippen molar-refractivity contribution in [3.05, 3.63) is 18.0 Å². The van der Waals surface area contributed by atoms with E-state index in [2.05, 4.69) is 12.0 Å². The van der Waals surface area contributed by atoms with Gasteiger partial charge in [-0.3, -0.25) is 4.68 Å². The summed E-state index contributed by atoms with van der Waals surface area (Å²) in [5, 5.41) is 4.20. The van der Waals surface area contributed by atoms with E-state index in [4.69, 9.17) is 5.73 Å². The molecular weight excluding hydrogens is 150 g/mol. The van der Waals surface area contributed by atoms with Crippen LogP contribution in [0, 0.1) is 0 Å². The third kappa shape index (κ3) is 2.34. The summed E-state index contributed by atoms with van der Waals surface area (Å²) < 4.78 is 2.00. The molecule has 0 amide bonds. The predicted molar refractivity (Wildman–Crippen MR) is 49.6 cm³/mol. The zero-order valence-electron chi connectivity index (χ0n) is 7.66. The molecule has 0 unspecified atom stereocenters. The molecule has 0 aromatic carbocycles. The Bertz CT molecular complexity index is 217. The van der Waals surface area contributed by atoms with Gasteiger partial charge in [0.05, 0.1) is 5.69 Å². The lowest BCUT2D eigenvalue weighted by atomic mass is 10.2. The maximum absolute atomic E-state index is 5.54. The number of rotatable bonds is 5. The van der Waals surface area contributed by atoms with Crippen LogP contribution in [-0.4, -0.2) is 9.78 Å². The summed E-state index contributed by atoms with van der Waals surface area (Å²) in [6, 6.07) is 1.98. The number of aryl methyl sites for hydroxylation is 1. The van der Waals surface area contributed by atoms with Gasteiger partial charge >= 0.3 is 0 Å². The van der Waals surface area contributed by atoms with Gasteiger partial charge in [-0.25, -0.2) is 0 Å². The molecule has 0 spiro atoms. The van der Waals surface area contributed by atoms with Crippen molar-refractivity contribution in [1.82, 2.24) is 9.78 Å². The van der Waals surface area contributed by atoms with Gasteiger partial charge < -0.3 is 5.73 Å². The van der Waals surface area contributed by atoms with Crippen LogP contribution in [0.4, 0.5) is 0 Å². The second kappa shape index (κ2) is 4.93. The van der Waals surface area contributed by atoms with Gasteiger partial charge in [0.25, 0.3) is 0 Å². The van der Waals surface area contributed by atoms with Crippen LogP contribution in [-0.2, 0) is 13.1 Å². The highest BCUT2D eigenvalue weighted by Crippen LogP contribution is 2.01. The Morgan fingerprint density at radius 3 is 3.00 bits per heavy atom. The minimum Gasteiger partial charge on any atom is -0.325 e. The van der Waals surface area contributed by atoms with E-state index in [1.165, 1.54) is 19.3 Å². The van der Waals surface area contributed by atoms with E-state index < -0.39 is 0 Å². The normalized spacial score (nSPS) is 10.5. The lowest BCUT2D eigenvalue weighted by Gasteiger charge is -2.04. The van der Waals surface area contributed by atoms with Crippen LogP contribution in [0.2, 0.25) is 0 Å². The zero-order valence-corrected chi connectivity index (χ0v) is 7.66. The van der Waals surface area contributed by atoms with E-state index in [-0.39, 0.29) is 0 Å². The molecule has 0 fully saturated rings. The van der Waals surface area contributed by atoms with Gasteiger partial charge in [0, 0.05) is 19.3 Å². The van der Waals surface area contributed by atoms with Crippen molar-refractivity contribution >= 4 is 0 Å². The van der Waals surface area contributed by atoms with Crippen molar-refractivity contribution in [1.29, 1.82) is 0 Å². The molecule has 0 radical (unpaired) electrons. The van der Waals surface area contributed by atoms with Crippen LogP contribution < -0.4 is 5.73 Å². The quantitative estimate of drug-likeness (QED) is 0.676. The second-order valence-electron chi connectivity index (χ2n) is 2.96.